The Bertz CT molecular complexity index is 1070. The van der Waals surface area contributed by atoms with Gasteiger partial charge in [0.2, 0.25) is 0 Å². The zero-order valence-corrected chi connectivity index (χ0v) is 16.3. The number of nitrogens with zero attached hydrogens (tertiary/aromatic N) is 3. The monoisotopic (exact) mass is 396 g/mol. The molecule has 1 aliphatic rings. The maximum atomic E-state index is 12.8. The number of aromatic nitrogens is 2. The lowest BCUT2D eigenvalue weighted by atomic mass is 10.0. The first-order valence-electron chi connectivity index (χ1n) is 9.30. The van der Waals surface area contributed by atoms with Gasteiger partial charge in [-0.3, -0.25) is 9.36 Å². The molecule has 0 saturated carbocycles. The summed E-state index contributed by atoms with van der Waals surface area (Å²) in [5, 5.41) is 4.05. The molecule has 0 spiro atoms. The van der Waals surface area contributed by atoms with Crippen molar-refractivity contribution in [2.45, 2.75) is 25.8 Å². The third-order valence-electron chi connectivity index (χ3n) is 5.19. The van der Waals surface area contributed by atoms with Gasteiger partial charge < -0.3 is 10.2 Å². The maximum absolute atomic E-state index is 12.8. The van der Waals surface area contributed by atoms with Crippen LogP contribution in [0.2, 0.25) is 5.02 Å². The summed E-state index contributed by atoms with van der Waals surface area (Å²) in [4.78, 5) is 31.5. The van der Waals surface area contributed by atoms with Crippen LogP contribution in [0.4, 0.5) is 10.5 Å². The molecule has 0 atom stereocenters. The lowest BCUT2D eigenvalue weighted by Gasteiger charge is -2.32. The van der Waals surface area contributed by atoms with Crippen LogP contribution in [-0.4, -0.2) is 33.6 Å². The molecule has 28 heavy (non-hydrogen) atoms. The van der Waals surface area contributed by atoms with Crippen molar-refractivity contribution in [3.05, 3.63) is 69.7 Å². The van der Waals surface area contributed by atoms with E-state index in [4.69, 9.17) is 11.6 Å². The summed E-state index contributed by atoms with van der Waals surface area (Å²) in [6, 6.07) is 12.8. The van der Waals surface area contributed by atoms with Gasteiger partial charge in [0.1, 0.15) is 0 Å². The second-order valence-corrected chi connectivity index (χ2v) is 7.57. The van der Waals surface area contributed by atoms with E-state index in [0.717, 1.165) is 11.3 Å². The molecule has 3 aromatic rings. The number of carbonyl (C=O) groups is 1. The summed E-state index contributed by atoms with van der Waals surface area (Å²) in [6.07, 6.45) is 3.01. The average molecular weight is 397 g/mol. The highest BCUT2D eigenvalue weighted by Crippen LogP contribution is 2.23. The molecule has 1 fully saturated rings. The molecule has 0 radical (unpaired) electrons. The molecule has 144 valence electrons. The van der Waals surface area contributed by atoms with Gasteiger partial charge in [-0.05, 0) is 50.1 Å². The van der Waals surface area contributed by atoms with Crippen LogP contribution in [0, 0.1) is 6.92 Å². The van der Waals surface area contributed by atoms with Crippen molar-refractivity contribution in [2.75, 3.05) is 18.4 Å². The van der Waals surface area contributed by atoms with Crippen LogP contribution in [0.15, 0.2) is 53.6 Å². The SMILES string of the molecule is Cc1ccc(NC(=O)N2CCC(n3cnc4cc(Cl)ccc4c3=O)CC2)cc1. The molecule has 2 aromatic carbocycles. The first kappa shape index (κ1) is 18.5. The molecule has 2 heterocycles. The van der Waals surface area contributed by atoms with Gasteiger partial charge >= 0.3 is 6.03 Å². The third kappa shape index (κ3) is 3.73. The molecule has 1 aliphatic heterocycles. The first-order valence-corrected chi connectivity index (χ1v) is 9.68. The van der Waals surface area contributed by atoms with E-state index in [1.54, 1.807) is 34.0 Å². The van der Waals surface area contributed by atoms with E-state index < -0.39 is 0 Å². The molecule has 6 nitrogen and oxygen atoms in total. The van der Waals surface area contributed by atoms with E-state index >= 15 is 0 Å². The van der Waals surface area contributed by atoms with Crippen LogP contribution < -0.4 is 10.9 Å². The van der Waals surface area contributed by atoms with Crippen molar-refractivity contribution >= 4 is 34.2 Å². The molecule has 2 amide bonds. The Labute approximate surface area is 167 Å². The van der Waals surface area contributed by atoms with Crippen LogP contribution in [0.1, 0.15) is 24.4 Å². The fourth-order valence-corrected chi connectivity index (χ4v) is 3.72. The first-order chi connectivity index (χ1) is 13.5. The Morgan fingerprint density at radius 3 is 2.57 bits per heavy atom. The molecule has 1 aromatic heterocycles. The highest BCUT2D eigenvalue weighted by atomic mass is 35.5. The van der Waals surface area contributed by atoms with Crippen molar-refractivity contribution in [1.82, 2.24) is 14.5 Å². The zero-order valence-electron chi connectivity index (χ0n) is 15.6. The predicted octanol–water partition coefficient (Wildman–Crippen LogP) is 4.23. The van der Waals surface area contributed by atoms with Crippen LogP contribution in [0.3, 0.4) is 0 Å². The van der Waals surface area contributed by atoms with Gasteiger partial charge in [-0.25, -0.2) is 9.78 Å². The van der Waals surface area contributed by atoms with Crippen LogP contribution >= 0.6 is 11.6 Å². The topological polar surface area (TPSA) is 67.2 Å². The number of benzene rings is 2. The number of likely N-dealkylation sites (tertiary alicyclic amines) is 1. The number of rotatable bonds is 2. The van der Waals surface area contributed by atoms with Gasteiger partial charge in [-0.2, -0.15) is 0 Å². The van der Waals surface area contributed by atoms with E-state index in [9.17, 15) is 9.59 Å². The Morgan fingerprint density at radius 2 is 1.86 bits per heavy atom. The van der Waals surface area contributed by atoms with Crippen molar-refractivity contribution < 1.29 is 4.79 Å². The minimum Gasteiger partial charge on any atom is -0.324 e. The summed E-state index contributed by atoms with van der Waals surface area (Å²) in [6.45, 7) is 3.19. The van der Waals surface area contributed by atoms with E-state index in [0.29, 0.717) is 41.9 Å². The number of nitrogens with one attached hydrogen (secondary N) is 1. The number of urea groups is 1. The van der Waals surface area contributed by atoms with E-state index in [-0.39, 0.29) is 17.6 Å². The van der Waals surface area contributed by atoms with Gasteiger partial charge in [0.05, 0.1) is 17.2 Å². The minimum absolute atomic E-state index is 0.0310. The smallest absolute Gasteiger partial charge is 0.321 e. The standard InChI is InChI=1S/C21H21ClN4O2/c1-14-2-5-16(6-3-14)24-21(28)25-10-8-17(9-11-25)26-13-23-19-12-15(22)4-7-18(19)20(26)27/h2-7,12-13,17H,8-11H2,1H3,(H,24,28). The summed E-state index contributed by atoms with van der Waals surface area (Å²) >= 11 is 5.98. The van der Waals surface area contributed by atoms with Crippen molar-refractivity contribution in [3.63, 3.8) is 0 Å². The molecule has 1 N–H and O–H groups in total. The highest BCUT2D eigenvalue weighted by Gasteiger charge is 2.25. The molecule has 7 heteroatoms. The number of anilines is 1. The molecular weight excluding hydrogens is 376 g/mol. The summed E-state index contributed by atoms with van der Waals surface area (Å²) in [7, 11) is 0. The highest BCUT2D eigenvalue weighted by molar-refractivity contribution is 6.31. The van der Waals surface area contributed by atoms with Gasteiger partial charge in [-0.1, -0.05) is 29.3 Å². The number of carbonyl (C=O) groups excluding carboxylic acids is 1. The Morgan fingerprint density at radius 1 is 1.14 bits per heavy atom. The Hall–Kier alpha value is -2.86. The number of piperidine rings is 1. The van der Waals surface area contributed by atoms with Gasteiger partial charge in [0.25, 0.3) is 5.56 Å². The molecule has 0 unspecified atom stereocenters. The van der Waals surface area contributed by atoms with E-state index in [1.807, 2.05) is 31.2 Å². The molecular formula is C21H21ClN4O2. The predicted molar refractivity (Wildman–Crippen MR) is 111 cm³/mol. The maximum Gasteiger partial charge on any atom is 0.321 e. The second kappa shape index (κ2) is 7.64. The number of hydrogen-bond acceptors (Lipinski definition) is 3. The van der Waals surface area contributed by atoms with Crippen molar-refractivity contribution in [2.24, 2.45) is 0 Å². The summed E-state index contributed by atoms with van der Waals surface area (Å²) < 4.78 is 1.69. The lowest BCUT2D eigenvalue weighted by molar-refractivity contribution is 0.182. The summed E-state index contributed by atoms with van der Waals surface area (Å²) in [5.41, 5.74) is 2.47. The fourth-order valence-electron chi connectivity index (χ4n) is 3.56. The molecule has 0 bridgehead atoms. The normalized spacial score (nSPS) is 15.0. The number of fused-ring (bicyclic) bond motifs is 1. The quantitative estimate of drug-likeness (QED) is 0.704. The molecule has 0 aliphatic carbocycles. The van der Waals surface area contributed by atoms with Crippen LogP contribution in [0.5, 0.6) is 0 Å². The number of amides is 2. The van der Waals surface area contributed by atoms with Crippen molar-refractivity contribution in [1.29, 1.82) is 0 Å². The minimum atomic E-state index is -0.110. The number of halogens is 1. The number of aryl methyl sites for hydroxylation is 1. The van der Waals surface area contributed by atoms with E-state index in [2.05, 4.69) is 10.3 Å². The van der Waals surface area contributed by atoms with Gasteiger partial charge in [0.15, 0.2) is 0 Å². The van der Waals surface area contributed by atoms with Crippen molar-refractivity contribution in [3.8, 4) is 0 Å². The zero-order chi connectivity index (χ0) is 19.7. The molecule has 1 saturated heterocycles. The lowest BCUT2D eigenvalue weighted by Crippen LogP contribution is -2.42. The molecule has 4 rings (SSSR count). The van der Waals surface area contributed by atoms with Gasteiger partial charge in [0, 0.05) is 29.8 Å². The van der Waals surface area contributed by atoms with Crippen LogP contribution in [0.25, 0.3) is 10.9 Å². The van der Waals surface area contributed by atoms with E-state index in [1.165, 1.54) is 0 Å². The fraction of sp³-hybridized carbons (Fsp3) is 0.286. The Balaban J connectivity index is 1.44. The largest absolute Gasteiger partial charge is 0.324 e. The summed E-state index contributed by atoms with van der Waals surface area (Å²) in [5.74, 6) is 0. The third-order valence-corrected chi connectivity index (χ3v) is 5.43. The number of hydrogen-bond donors (Lipinski definition) is 1. The average Bonchev–Trinajstić information content (AvgIpc) is 2.70. The Kier molecular flexibility index (Phi) is 5.05. The van der Waals surface area contributed by atoms with Gasteiger partial charge in [-0.15, -0.1) is 0 Å². The van der Waals surface area contributed by atoms with Crippen LogP contribution in [-0.2, 0) is 0 Å². The second-order valence-electron chi connectivity index (χ2n) is 7.13.